The van der Waals surface area contributed by atoms with Crippen LogP contribution in [0.25, 0.3) is 0 Å². The molecule has 1 atom stereocenters. The predicted molar refractivity (Wildman–Crippen MR) is 67.6 cm³/mol. The summed E-state index contributed by atoms with van der Waals surface area (Å²) in [5, 5.41) is 0. The SMILES string of the molecule is CC(N)=N/C(N)=C(\N)C(C)c1ccccc1. The van der Waals surface area contributed by atoms with Gasteiger partial charge in [0.25, 0.3) is 0 Å². The Balaban J connectivity index is 2.98. The van der Waals surface area contributed by atoms with Crippen LogP contribution in [0, 0.1) is 0 Å². The Morgan fingerprint density at radius 1 is 1.12 bits per heavy atom. The molecule has 0 saturated heterocycles. The summed E-state index contributed by atoms with van der Waals surface area (Å²) in [4.78, 5) is 3.95. The molecular weight excluding hydrogens is 200 g/mol. The van der Waals surface area contributed by atoms with Crippen LogP contribution in [0.2, 0.25) is 0 Å². The second-order valence-corrected chi connectivity index (χ2v) is 3.73. The van der Waals surface area contributed by atoms with Crippen LogP contribution < -0.4 is 17.2 Å². The van der Waals surface area contributed by atoms with E-state index in [9.17, 15) is 0 Å². The van der Waals surface area contributed by atoms with E-state index in [0.29, 0.717) is 11.5 Å². The highest BCUT2D eigenvalue weighted by Crippen LogP contribution is 2.21. The number of hydrogen-bond acceptors (Lipinski definition) is 3. The minimum absolute atomic E-state index is 0.0318. The van der Waals surface area contributed by atoms with Crippen molar-refractivity contribution in [3.8, 4) is 0 Å². The third-order valence-electron chi connectivity index (χ3n) is 2.36. The third kappa shape index (κ3) is 3.02. The molecule has 1 unspecified atom stereocenters. The highest BCUT2D eigenvalue weighted by Gasteiger charge is 2.10. The van der Waals surface area contributed by atoms with Crippen LogP contribution in [0.3, 0.4) is 0 Å². The first-order chi connectivity index (χ1) is 7.52. The molecule has 1 rings (SSSR count). The Hall–Kier alpha value is -1.97. The van der Waals surface area contributed by atoms with Gasteiger partial charge < -0.3 is 17.2 Å². The molecule has 0 saturated carbocycles. The molecule has 6 N–H and O–H groups in total. The number of rotatable bonds is 3. The van der Waals surface area contributed by atoms with Gasteiger partial charge in [-0.1, -0.05) is 37.3 Å². The standard InChI is InChI=1S/C12H18N4/c1-8(10-6-4-3-5-7-10)11(14)12(15)16-9(2)13/h3-8H,14-15H2,1-2H3,(H2,13,16)/b12-11-. The van der Waals surface area contributed by atoms with Crippen LogP contribution in [0.15, 0.2) is 46.8 Å². The van der Waals surface area contributed by atoms with Gasteiger partial charge in [-0.25, -0.2) is 4.99 Å². The Bertz CT molecular complexity index is 402. The summed E-state index contributed by atoms with van der Waals surface area (Å²) in [7, 11) is 0. The highest BCUT2D eigenvalue weighted by molar-refractivity contribution is 5.78. The molecule has 0 bridgehead atoms. The smallest absolute Gasteiger partial charge is 0.145 e. The monoisotopic (exact) mass is 218 g/mol. The molecule has 0 aromatic heterocycles. The molecule has 0 spiro atoms. The van der Waals surface area contributed by atoms with Crippen molar-refractivity contribution >= 4 is 5.84 Å². The van der Waals surface area contributed by atoms with Crippen molar-refractivity contribution in [2.24, 2.45) is 22.2 Å². The average Bonchev–Trinajstić information content (AvgIpc) is 2.27. The van der Waals surface area contributed by atoms with Gasteiger partial charge in [-0.3, -0.25) is 0 Å². The van der Waals surface area contributed by atoms with Gasteiger partial charge in [-0.05, 0) is 12.5 Å². The van der Waals surface area contributed by atoms with E-state index in [0.717, 1.165) is 5.56 Å². The number of hydrogen-bond donors (Lipinski definition) is 3. The lowest BCUT2D eigenvalue weighted by Gasteiger charge is -2.13. The minimum Gasteiger partial charge on any atom is -0.399 e. The van der Waals surface area contributed by atoms with E-state index in [1.165, 1.54) is 0 Å². The summed E-state index contributed by atoms with van der Waals surface area (Å²) < 4.78 is 0. The van der Waals surface area contributed by atoms with Gasteiger partial charge in [0.15, 0.2) is 0 Å². The number of nitrogens with zero attached hydrogens (tertiary/aromatic N) is 1. The second-order valence-electron chi connectivity index (χ2n) is 3.73. The number of amidine groups is 1. The molecule has 4 nitrogen and oxygen atoms in total. The lowest BCUT2D eigenvalue weighted by atomic mass is 9.98. The number of aliphatic imine (C=N–C) groups is 1. The Kier molecular flexibility index (Phi) is 3.94. The maximum Gasteiger partial charge on any atom is 0.145 e. The van der Waals surface area contributed by atoms with Crippen molar-refractivity contribution < 1.29 is 0 Å². The molecule has 1 aromatic rings. The summed E-state index contributed by atoms with van der Waals surface area (Å²) in [5.41, 5.74) is 18.8. The molecule has 4 heteroatoms. The van der Waals surface area contributed by atoms with Crippen molar-refractivity contribution in [1.29, 1.82) is 0 Å². The minimum atomic E-state index is 0.0318. The van der Waals surface area contributed by atoms with Gasteiger partial charge in [0.2, 0.25) is 0 Å². The van der Waals surface area contributed by atoms with E-state index in [2.05, 4.69) is 4.99 Å². The lowest BCUT2D eigenvalue weighted by molar-refractivity contribution is 0.848. The number of benzene rings is 1. The summed E-state index contributed by atoms with van der Waals surface area (Å²) in [6, 6.07) is 9.90. The van der Waals surface area contributed by atoms with Crippen molar-refractivity contribution in [2.75, 3.05) is 0 Å². The van der Waals surface area contributed by atoms with Gasteiger partial charge in [-0.2, -0.15) is 0 Å². The van der Waals surface area contributed by atoms with E-state index < -0.39 is 0 Å². The molecule has 0 aliphatic carbocycles. The van der Waals surface area contributed by atoms with Crippen LogP contribution in [-0.2, 0) is 0 Å². The Morgan fingerprint density at radius 3 is 2.19 bits per heavy atom. The molecule has 0 radical (unpaired) electrons. The van der Waals surface area contributed by atoms with Gasteiger partial charge in [0.1, 0.15) is 5.82 Å². The first-order valence-electron chi connectivity index (χ1n) is 5.13. The first kappa shape index (κ1) is 12.1. The lowest BCUT2D eigenvalue weighted by Crippen LogP contribution is -2.17. The molecule has 0 aliphatic heterocycles. The number of allylic oxidation sites excluding steroid dienone is 1. The zero-order chi connectivity index (χ0) is 12.1. The average molecular weight is 218 g/mol. The van der Waals surface area contributed by atoms with E-state index in [4.69, 9.17) is 17.2 Å². The van der Waals surface area contributed by atoms with E-state index in [-0.39, 0.29) is 11.7 Å². The van der Waals surface area contributed by atoms with Crippen LogP contribution in [0.5, 0.6) is 0 Å². The third-order valence-corrected chi connectivity index (χ3v) is 2.36. The topological polar surface area (TPSA) is 90.4 Å². The van der Waals surface area contributed by atoms with Crippen molar-refractivity contribution in [3.05, 3.63) is 47.4 Å². The van der Waals surface area contributed by atoms with Crippen LogP contribution in [0.1, 0.15) is 25.3 Å². The quantitative estimate of drug-likeness (QED) is 0.527. The fraction of sp³-hybridized carbons (Fsp3) is 0.250. The molecule has 86 valence electrons. The van der Waals surface area contributed by atoms with Gasteiger partial charge in [0, 0.05) is 5.92 Å². The summed E-state index contributed by atoms with van der Waals surface area (Å²) in [6.07, 6.45) is 0. The van der Waals surface area contributed by atoms with Crippen LogP contribution in [0.4, 0.5) is 0 Å². The van der Waals surface area contributed by atoms with Crippen molar-refractivity contribution in [3.63, 3.8) is 0 Å². The first-order valence-corrected chi connectivity index (χ1v) is 5.13. The number of nitrogens with two attached hydrogens (primary N) is 3. The summed E-state index contributed by atoms with van der Waals surface area (Å²) in [6.45, 7) is 3.66. The van der Waals surface area contributed by atoms with Gasteiger partial charge >= 0.3 is 0 Å². The van der Waals surface area contributed by atoms with Crippen LogP contribution >= 0.6 is 0 Å². The molecule has 1 aromatic carbocycles. The van der Waals surface area contributed by atoms with E-state index in [1.807, 2.05) is 37.3 Å². The van der Waals surface area contributed by atoms with Gasteiger partial charge in [0.05, 0.1) is 11.5 Å². The van der Waals surface area contributed by atoms with Crippen LogP contribution in [-0.4, -0.2) is 5.84 Å². The second kappa shape index (κ2) is 5.21. The molecule has 0 amide bonds. The van der Waals surface area contributed by atoms with Gasteiger partial charge in [-0.15, -0.1) is 0 Å². The summed E-state index contributed by atoms with van der Waals surface area (Å²) in [5.74, 6) is 0.723. The zero-order valence-corrected chi connectivity index (χ0v) is 9.64. The fourth-order valence-electron chi connectivity index (χ4n) is 1.40. The van der Waals surface area contributed by atoms with Crippen molar-refractivity contribution in [2.45, 2.75) is 19.8 Å². The molecule has 0 heterocycles. The van der Waals surface area contributed by atoms with Crippen molar-refractivity contribution in [1.82, 2.24) is 0 Å². The Morgan fingerprint density at radius 2 is 1.69 bits per heavy atom. The van der Waals surface area contributed by atoms with E-state index in [1.54, 1.807) is 6.92 Å². The normalized spacial score (nSPS) is 15.5. The molecule has 16 heavy (non-hydrogen) atoms. The zero-order valence-electron chi connectivity index (χ0n) is 9.64. The van der Waals surface area contributed by atoms with E-state index >= 15 is 0 Å². The highest BCUT2D eigenvalue weighted by atomic mass is 15.0. The maximum absolute atomic E-state index is 5.93. The maximum atomic E-state index is 5.93. The fourth-order valence-corrected chi connectivity index (χ4v) is 1.40. The molecular formula is C12H18N4. The Labute approximate surface area is 95.8 Å². The summed E-state index contributed by atoms with van der Waals surface area (Å²) >= 11 is 0. The predicted octanol–water partition coefficient (Wildman–Crippen LogP) is 1.25. The largest absolute Gasteiger partial charge is 0.399 e. The molecule has 0 fully saturated rings. The molecule has 0 aliphatic rings.